The van der Waals surface area contributed by atoms with Crippen LogP contribution in [0, 0.1) is 19.8 Å². The van der Waals surface area contributed by atoms with Crippen molar-refractivity contribution in [1.29, 1.82) is 0 Å². The molecule has 0 fully saturated rings. The monoisotopic (exact) mass is 460 g/mol. The summed E-state index contributed by atoms with van der Waals surface area (Å²) in [4.78, 5) is 34.9. The van der Waals surface area contributed by atoms with Gasteiger partial charge < -0.3 is 24.8 Å². The summed E-state index contributed by atoms with van der Waals surface area (Å²) in [5, 5.41) is 5.43. The summed E-state index contributed by atoms with van der Waals surface area (Å²) in [7, 11) is 4.98. The van der Waals surface area contributed by atoms with Crippen molar-refractivity contribution in [3.05, 3.63) is 28.8 Å². The Labute approximate surface area is 198 Å². The normalized spacial score (nSPS) is 11.2. The van der Waals surface area contributed by atoms with Crippen LogP contribution in [0.5, 0.6) is 5.75 Å². The third kappa shape index (κ3) is 12.3. The lowest BCUT2D eigenvalue weighted by molar-refractivity contribution is -0.121. The van der Waals surface area contributed by atoms with Gasteiger partial charge in [0.05, 0.1) is 5.60 Å². The van der Waals surface area contributed by atoms with Crippen LogP contribution in [0.1, 0.15) is 63.6 Å². The van der Waals surface area contributed by atoms with Crippen LogP contribution in [0.2, 0.25) is 0 Å². The summed E-state index contributed by atoms with van der Waals surface area (Å²) in [5.74, 6) is 0.00131. The van der Waals surface area contributed by atoms with Crippen LogP contribution in [-0.2, 0) is 20.9 Å². The molecule has 0 aliphatic rings. The molecule has 8 nitrogen and oxygen atoms in total. The lowest BCUT2D eigenvalue weighted by Crippen LogP contribution is -2.35. The molecule has 0 spiro atoms. The maximum absolute atomic E-state index is 12.1. The van der Waals surface area contributed by atoms with E-state index in [0.29, 0.717) is 42.4 Å². The smallest absolute Gasteiger partial charge is 0.412 e. The van der Waals surface area contributed by atoms with Gasteiger partial charge in [0, 0.05) is 26.1 Å². The maximum atomic E-state index is 12.1. The second-order valence-corrected chi connectivity index (χ2v) is 9.12. The zero-order valence-corrected chi connectivity index (χ0v) is 20.7. The number of hydrogen-bond acceptors (Lipinski definition) is 6. The number of nitrogens with one attached hydrogen (secondary N) is 2. The van der Waals surface area contributed by atoms with Crippen molar-refractivity contribution in [3.8, 4) is 5.75 Å². The highest BCUT2D eigenvalue weighted by Crippen LogP contribution is 2.25. The molecule has 0 unspecified atom stereocenters. The number of ether oxygens (including phenoxy) is 3. The van der Waals surface area contributed by atoms with Gasteiger partial charge in [0.2, 0.25) is 19.6 Å². The first-order chi connectivity index (χ1) is 15.4. The van der Waals surface area contributed by atoms with Gasteiger partial charge in [0.1, 0.15) is 12.4 Å². The number of benzene rings is 1. The van der Waals surface area contributed by atoms with Gasteiger partial charge >= 0.3 is 6.09 Å². The minimum absolute atomic E-state index is 0.0415. The third-order valence-electron chi connectivity index (χ3n) is 4.95. The van der Waals surface area contributed by atoms with E-state index in [4.69, 9.17) is 22.1 Å². The van der Waals surface area contributed by atoms with Crippen LogP contribution < -0.4 is 15.4 Å². The molecule has 0 atom stereocenters. The summed E-state index contributed by atoms with van der Waals surface area (Å²) in [5.41, 5.74) is 1.86. The Morgan fingerprint density at radius 1 is 1.06 bits per heavy atom. The summed E-state index contributed by atoms with van der Waals surface area (Å²) in [6.07, 6.45) is 1.20. The second kappa shape index (κ2) is 13.9. The van der Waals surface area contributed by atoms with Crippen LogP contribution in [0.15, 0.2) is 12.1 Å². The van der Waals surface area contributed by atoms with E-state index in [-0.39, 0.29) is 31.1 Å². The number of carbonyl (C=O) groups excluding carboxylic acids is 3. The molecule has 9 heteroatoms. The molecule has 1 rings (SSSR count). The number of hydrogen-bond donors (Lipinski definition) is 2. The van der Waals surface area contributed by atoms with Crippen LogP contribution in [0.3, 0.4) is 0 Å². The van der Waals surface area contributed by atoms with Crippen LogP contribution in [-0.4, -0.2) is 51.0 Å². The largest absolute Gasteiger partial charge is 0.470 e. The van der Waals surface area contributed by atoms with E-state index in [1.54, 1.807) is 26.0 Å². The molecule has 33 heavy (non-hydrogen) atoms. The first kappa shape index (κ1) is 28.5. The topological polar surface area (TPSA) is 103 Å². The van der Waals surface area contributed by atoms with Gasteiger partial charge in [-0.25, -0.2) is 4.79 Å². The van der Waals surface area contributed by atoms with Crippen molar-refractivity contribution in [1.82, 2.24) is 10.6 Å². The van der Waals surface area contributed by atoms with Gasteiger partial charge in [0.15, 0.2) is 0 Å². The summed E-state index contributed by atoms with van der Waals surface area (Å²) < 4.78 is 16.1. The fourth-order valence-corrected chi connectivity index (χ4v) is 3.08. The quantitative estimate of drug-likeness (QED) is 0.433. The molecule has 2 N–H and O–H groups in total. The van der Waals surface area contributed by atoms with Crippen LogP contribution >= 0.6 is 0 Å². The highest BCUT2D eigenvalue weighted by atomic mass is 16.6. The van der Waals surface area contributed by atoms with Crippen molar-refractivity contribution in [2.75, 3.05) is 19.7 Å². The second-order valence-electron chi connectivity index (χ2n) is 9.12. The molecule has 1 aromatic rings. The van der Waals surface area contributed by atoms with Gasteiger partial charge in [-0.3, -0.25) is 9.59 Å². The minimum Gasteiger partial charge on any atom is -0.470 e. The van der Waals surface area contributed by atoms with E-state index in [2.05, 4.69) is 24.5 Å². The van der Waals surface area contributed by atoms with Crippen molar-refractivity contribution < 1.29 is 28.6 Å². The molecule has 0 aromatic heterocycles. The van der Waals surface area contributed by atoms with Crippen LogP contribution in [0.25, 0.3) is 0 Å². The summed E-state index contributed by atoms with van der Waals surface area (Å²) in [6.45, 7) is 13.3. The Bertz CT molecular complexity index is 787. The number of aryl methyl sites for hydroxylation is 2. The highest BCUT2D eigenvalue weighted by Gasteiger charge is 2.18. The highest BCUT2D eigenvalue weighted by molar-refractivity contribution is 6.55. The average molecular weight is 460 g/mol. The average Bonchev–Trinajstić information content (AvgIpc) is 2.68. The van der Waals surface area contributed by atoms with Crippen molar-refractivity contribution >= 4 is 25.7 Å². The van der Waals surface area contributed by atoms with Gasteiger partial charge in [-0.1, -0.05) is 13.8 Å². The van der Waals surface area contributed by atoms with Crippen molar-refractivity contribution in [2.45, 2.75) is 73.0 Å². The molecule has 0 heterocycles. The third-order valence-corrected chi connectivity index (χ3v) is 4.95. The predicted molar refractivity (Wildman–Crippen MR) is 128 cm³/mol. The SMILES string of the molecule is [B]C(=O)OCc1cc(C)c(OC(=O)NCCC(=O)NCCC(C)(C)OCCC(C)C)c(C)c1. The van der Waals surface area contributed by atoms with E-state index in [1.165, 1.54) is 0 Å². The molecule has 1 aromatic carbocycles. The fraction of sp³-hybridized carbons (Fsp3) is 0.625. The molecule has 0 aliphatic heterocycles. The van der Waals surface area contributed by atoms with E-state index in [1.807, 2.05) is 13.8 Å². The minimum atomic E-state index is -0.854. The Morgan fingerprint density at radius 2 is 1.70 bits per heavy atom. The van der Waals surface area contributed by atoms with Crippen LogP contribution in [0.4, 0.5) is 9.59 Å². The maximum Gasteiger partial charge on any atom is 0.412 e. The molecule has 2 radical (unpaired) electrons. The lowest BCUT2D eigenvalue weighted by Gasteiger charge is -2.26. The summed E-state index contributed by atoms with van der Waals surface area (Å²) >= 11 is 0. The van der Waals surface area contributed by atoms with Gasteiger partial charge in [-0.2, -0.15) is 0 Å². The zero-order valence-electron chi connectivity index (χ0n) is 20.7. The van der Waals surface area contributed by atoms with Gasteiger partial charge in [-0.05, 0) is 75.3 Å². The van der Waals surface area contributed by atoms with Gasteiger partial charge in [-0.15, -0.1) is 0 Å². The molecular formula is C24H37BN2O6. The summed E-state index contributed by atoms with van der Waals surface area (Å²) in [6, 6.07) is 3.50. The zero-order chi connectivity index (χ0) is 25.0. The van der Waals surface area contributed by atoms with E-state index in [9.17, 15) is 14.4 Å². The molecular weight excluding hydrogens is 423 g/mol. The van der Waals surface area contributed by atoms with E-state index < -0.39 is 12.0 Å². The predicted octanol–water partition coefficient (Wildman–Crippen LogP) is 3.93. The fourth-order valence-electron chi connectivity index (χ4n) is 3.08. The molecule has 0 bridgehead atoms. The van der Waals surface area contributed by atoms with E-state index in [0.717, 1.165) is 12.0 Å². The first-order valence-corrected chi connectivity index (χ1v) is 11.3. The lowest BCUT2D eigenvalue weighted by atomic mass is 10.0. The molecule has 2 amide bonds. The Hall–Kier alpha value is -2.55. The van der Waals surface area contributed by atoms with E-state index >= 15 is 0 Å². The Kier molecular flexibility index (Phi) is 12.0. The first-order valence-electron chi connectivity index (χ1n) is 11.3. The molecule has 0 aliphatic carbocycles. The van der Waals surface area contributed by atoms with Crippen molar-refractivity contribution in [3.63, 3.8) is 0 Å². The van der Waals surface area contributed by atoms with Crippen molar-refractivity contribution in [2.24, 2.45) is 5.92 Å². The number of amides is 2. The molecule has 182 valence electrons. The standard InChI is InChI=1S/C24H37BN2O6/c1-16(2)8-12-32-24(5,6)9-11-26-20(28)7-10-27-23(30)33-21-17(3)13-19(14-18(21)4)15-31-22(25)29/h13-14,16H,7-12,15H2,1-6H3,(H,26,28)(H,27,30). The van der Waals surface area contributed by atoms with Gasteiger partial charge in [0.25, 0.3) is 0 Å². The number of rotatable bonds is 13. The number of carbonyl (C=O) groups is 3. The molecule has 0 saturated carbocycles. The molecule has 0 saturated heterocycles. The Balaban J connectivity index is 2.35. The Morgan fingerprint density at radius 3 is 2.27 bits per heavy atom.